The van der Waals surface area contributed by atoms with E-state index in [0.717, 1.165) is 0 Å². The molecule has 134 valence electrons. The summed E-state index contributed by atoms with van der Waals surface area (Å²) in [5.41, 5.74) is 7.92. The zero-order valence-electron chi connectivity index (χ0n) is 14.0. The molecule has 0 aliphatic heterocycles. The molecule has 0 amide bonds. The van der Waals surface area contributed by atoms with Gasteiger partial charge in [0.1, 0.15) is 17.3 Å². The van der Waals surface area contributed by atoms with E-state index in [0.29, 0.717) is 16.7 Å². The second-order valence-electron chi connectivity index (χ2n) is 6.08. The zero-order chi connectivity index (χ0) is 18.7. The van der Waals surface area contributed by atoms with Gasteiger partial charge in [-0.25, -0.2) is 10.2 Å². The van der Waals surface area contributed by atoms with E-state index >= 15 is 0 Å². The lowest BCUT2D eigenvalue weighted by atomic mass is 9.98. The average Bonchev–Trinajstić information content (AvgIpc) is 2.49. The minimum atomic E-state index is -0.428. The Bertz CT molecular complexity index is 809. The van der Waals surface area contributed by atoms with E-state index in [4.69, 9.17) is 23.2 Å². The van der Waals surface area contributed by atoms with Gasteiger partial charge in [-0.3, -0.25) is 0 Å². The fourth-order valence-corrected chi connectivity index (χ4v) is 2.66. The van der Waals surface area contributed by atoms with Crippen LogP contribution in [0.4, 0.5) is 4.39 Å². The zero-order valence-corrected chi connectivity index (χ0v) is 14.8. The molecule has 0 spiro atoms. The molecule has 0 aliphatic rings. The van der Waals surface area contributed by atoms with Crippen molar-refractivity contribution in [1.29, 1.82) is 0 Å². The van der Waals surface area contributed by atoms with E-state index in [1.807, 2.05) is 13.8 Å². The van der Waals surface area contributed by atoms with E-state index in [9.17, 15) is 14.6 Å². The first-order valence-electron chi connectivity index (χ1n) is 7.67. The van der Waals surface area contributed by atoms with Crippen molar-refractivity contribution in [2.75, 3.05) is 0 Å². The van der Waals surface area contributed by atoms with Crippen LogP contribution in [0.5, 0.6) is 11.5 Å². The smallest absolute Gasteiger partial charge is 0.128 e. The lowest BCUT2D eigenvalue weighted by Crippen LogP contribution is -2.26. The van der Waals surface area contributed by atoms with Gasteiger partial charge in [0.25, 0.3) is 0 Å². The summed E-state index contributed by atoms with van der Waals surface area (Å²) in [6, 6.07) is 6.92. The van der Waals surface area contributed by atoms with Crippen molar-refractivity contribution in [1.82, 2.24) is 5.01 Å². The van der Waals surface area contributed by atoms with Crippen LogP contribution >= 0.6 is 11.6 Å². The van der Waals surface area contributed by atoms with E-state index < -0.39 is 5.82 Å². The molecule has 0 atom stereocenters. The third-order valence-corrected chi connectivity index (χ3v) is 4.10. The van der Waals surface area contributed by atoms with Crippen molar-refractivity contribution in [3.8, 4) is 11.5 Å². The number of nitrogens with zero attached hydrogens (tertiary/aromatic N) is 1. The quantitative estimate of drug-likeness (QED) is 0.479. The number of hydrogen-bond donors (Lipinski definition) is 4. The first-order chi connectivity index (χ1) is 11.7. The van der Waals surface area contributed by atoms with Gasteiger partial charge in [0, 0.05) is 22.9 Å². The van der Waals surface area contributed by atoms with Crippen LogP contribution in [0.15, 0.2) is 36.5 Å². The predicted molar refractivity (Wildman–Crippen MR) is 97.2 cm³/mol. The molecule has 0 fully saturated rings. The van der Waals surface area contributed by atoms with Crippen LogP contribution in [-0.4, -0.2) is 15.2 Å². The monoisotopic (exact) mass is 365 g/mol. The molecule has 2 rings (SSSR count). The molecule has 2 aromatic carbocycles. The van der Waals surface area contributed by atoms with Gasteiger partial charge in [-0.05, 0) is 35.2 Å². The summed E-state index contributed by atoms with van der Waals surface area (Å²) in [5, 5.41) is 21.5. The summed E-state index contributed by atoms with van der Waals surface area (Å²) >= 11 is 5.98. The molecule has 7 heteroatoms. The van der Waals surface area contributed by atoms with E-state index in [1.165, 1.54) is 35.5 Å². The maximum Gasteiger partial charge on any atom is 0.128 e. The number of phenols is 2. The highest BCUT2D eigenvalue weighted by Gasteiger charge is 2.14. The Morgan fingerprint density at radius 1 is 1.24 bits per heavy atom. The van der Waals surface area contributed by atoms with Crippen LogP contribution in [0.2, 0.25) is 5.02 Å². The average molecular weight is 366 g/mol. The molecule has 0 saturated heterocycles. The molecule has 6 N–H and O–H groups in total. The number of hydrazine groups is 1. The summed E-state index contributed by atoms with van der Waals surface area (Å²) in [5.74, 6) is 5.41. The summed E-state index contributed by atoms with van der Waals surface area (Å²) < 4.78 is 13.1. The van der Waals surface area contributed by atoms with Crippen molar-refractivity contribution < 1.29 is 14.6 Å². The van der Waals surface area contributed by atoms with Gasteiger partial charge in [0.05, 0.1) is 12.2 Å². The number of benzene rings is 2. The highest BCUT2D eigenvalue weighted by Crippen LogP contribution is 2.34. The van der Waals surface area contributed by atoms with Crippen LogP contribution in [-0.2, 0) is 6.54 Å². The highest BCUT2D eigenvalue weighted by atomic mass is 35.5. The Balaban J connectivity index is 2.27. The van der Waals surface area contributed by atoms with E-state index in [2.05, 4.69) is 0 Å². The minimum Gasteiger partial charge on any atom is -0.508 e. The van der Waals surface area contributed by atoms with Crippen molar-refractivity contribution in [3.05, 3.63) is 64.1 Å². The Labute approximate surface area is 150 Å². The fourth-order valence-electron chi connectivity index (χ4n) is 2.43. The summed E-state index contributed by atoms with van der Waals surface area (Å²) in [7, 11) is 0. The van der Waals surface area contributed by atoms with E-state index in [-0.39, 0.29) is 34.7 Å². The third kappa shape index (κ3) is 4.55. The number of rotatable bonds is 5. The molecule has 0 aromatic heterocycles. The van der Waals surface area contributed by atoms with Crippen LogP contribution in [0.25, 0.3) is 5.70 Å². The number of aromatic hydroxyl groups is 2. The Morgan fingerprint density at radius 3 is 2.52 bits per heavy atom. The number of phenolic OH excluding ortho intramolecular Hbond substituents is 2. The molecule has 0 unspecified atom stereocenters. The topological polar surface area (TPSA) is 95.7 Å². The molecule has 0 saturated carbocycles. The van der Waals surface area contributed by atoms with Crippen molar-refractivity contribution in [2.45, 2.75) is 26.3 Å². The Morgan fingerprint density at radius 2 is 1.92 bits per heavy atom. The van der Waals surface area contributed by atoms with Crippen molar-refractivity contribution in [3.63, 3.8) is 0 Å². The molecule has 2 aromatic rings. The SMILES string of the molecule is CC(C)c1cc(/C(N)=C/N(N)Cc2ccc(F)cc2Cl)c(O)cc1O. The molecule has 0 aliphatic carbocycles. The molecule has 0 heterocycles. The lowest BCUT2D eigenvalue weighted by Gasteiger charge is -2.17. The molecule has 0 radical (unpaired) electrons. The molecule has 25 heavy (non-hydrogen) atoms. The first-order valence-corrected chi connectivity index (χ1v) is 8.05. The minimum absolute atomic E-state index is 0.00625. The van der Waals surface area contributed by atoms with Crippen LogP contribution in [0.3, 0.4) is 0 Å². The van der Waals surface area contributed by atoms with E-state index in [1.54, 1.807) is 6.07 Å². The van der Waals surface area contributed by atoms with Gasteiger partial charge in [0.15, 0.2) is 0 Å². The predicted octanol–water partition coefficient (Wildman–Crippen LogP) is 3.65. The van der Waals surface area contributed by atoms with Crippen molar-refractivity contribution in [2.24, 2.45) is 11.6 Å². The van der Waals surface area contributed by atoms with Gasteiger partial charge in [-0.15, -0.1) is 0 Å². The van der Waals surface area contributed by atoms with Crippen LogP contribution in [0, 0.1) is 5.82 Å². The largest absolute Gasteiger partial charge is 0.508 e. The normalized spacial score (nSPS) is 11.8. The van der Waals surface area contributed by atoms with Crippen LogP contribution < -0.4 is 11.6 Å². The highest BCUT2D eigenvalue weighted by molar-refractivity contribution is 6.31. The van der Waals surface area contributed by atoms with Gasteiger partial charge < -0.3 is 21.0 Å². The standard InChI is InChI=1S/C18H21ClFN3O2/c1-10(2)13-6-14(18(25)7-17(13)24)16(21)9-23(22)8-11-3-4-12(20)5-15(11)19/h3-7,9-10,24-25H,8,21-22H2,1-2H3/b16-9-. The fraction of sp³-hybridized carbons (Fsp3) is 0.222. The van der Waals surface area contributed by atoms with Crippen molar-refractivity contribution >= 4 is 17.3 Å². The van der Waals surface area contributed by atoms with Gasteiger partial charge in [-0.1, -0.05) is 31.5 Å². The summed E-state index contributed by atoms with van der Waals surface area (Å²) in [6.07, 6.45) is 1.44. The summed E-state index contributed by atoms with van der Waals surface area (Å²) in [4.78, 5) is 0. The number of nitrogens with two attached hydrogens (primary N) is 2. The maximum atomic E-state index is 13.1. The maximum absolute atomic E-state index is 13.1. The number of hydrogen-bond acceptors (Lipinski definition) is 5. The van der Waals surface area contributed by atoms with Gasteiger partial charge in [-0.2, -0.15) is 0 Å². The molecule has 5 nitrogen and oxygen atoms in total. The Hall–Kier alpha value is -2.44. The van der Waals surface area contributed by atoms with Gasteiger partial charge >= 0.3 is 0 Å². The second-order valence-corrected chi connectivity index (χ2v) is 6.48. The molecule has 0 bridgehead atoms. The second kappa shape index (κ2) is 7.63. The number of halogens is 2. The Kier molecular flexibility index (Phi) is 5.77. The molecular weight excluding hydrogens is 345 g/mol. The lowest BCUT2D eigenvalue weighted by molar-refractivity contribution is 0.387. The summed E-state index contributed by atoms with van der Waals surface area (Å²) in [6.45, 7) is 4.04. The first kappa shape index (κ1) is 18.9. The van der Waals surface area contributed by atoms with Gasteiger partial charge in [0.2, 0.25) is 0 Å². The van der Waals surface area contributed by atoms with Crippen LogP contribution in [0.1, 0.15) is 36.5 Å². The molecular formula is C18H21ClFN3O2. The third-order valence-electron chi connectivity index (χ3n) is 3.75.